The minimum absolute atomic E-state index is 0.376. The van der Waals surface area contributed by atoms with E-state index in [-0.39, 0.29) is 0 Å². The maximum absolute atomic E-state index is 11.3. The standard InChI is InChI=1S/C12H10ClNO2/c1-2-7-10(12(16)11(7)15)14-9-6-4-3-5-8(9)13/h3-6,14H,2H2,1H3. The van der Waals surface area contributed by atoms with Crippen molar-refractivity contribution in [1.82, 2.24) is 0 Å². The van der Waals surface area contributed by atoms with Gasteiger partial charge >= 0.3 is 0 Å². The highest BCUT2D eigenvalue weighted by molar-refractivity contribution is 6.33. The van der Waals surface area contributed by atoms with Crippen LogP contribution >= 0.6 is 11.6 Å². The van der Waals surface area contributed by atoms with Crippen LogP contribution in [0.1, 0.15) is 12.5 Å². The third-order valence-electron chi connectivity index (χ3n) is 2.50. The fourth-order valence-electron chi connectivity index (χ4n) is 1.61. The normalized spacial score (nSPS) is 10.6. The summed E-state index contributed by atoms with van der Waals surface area (Å²) < 4.78 is 0. The number of halogens is 1. The zero-order valence-electron chi connectivity index (χ0n) is 8.71. The average Bonchev–Trinajstić information content (AvgIpc) is 2.30. The van der Waals surface area contributed by atoms with Gasteiger partial charge in [-0.1, -0.05) is 30.7 Å². The van der Waals surface area contributed by atoms with Crippen molar-refractivity contribution in [2.45, 2.75) is 13.3 Å². The second-order valence-electron chi connectivity index (χ2n) is 3.47. The first-order valence-electron chi connectivity index (χ1n) is 4.99. The summed E-state index contributed by atoms with van der Waals surface area (Å²) in [4.78, 5) is 22.5. The van der Waals surface area contributed by atoms with Gasteiger partial charge in [-0.05, 0) is 18.6 Å². The molecule has 3 nitrogen and oxygen atoms in total. The number of rotatable bonds is 3. The summed E-state index contributed by atoms with van der Waals surface area (Å²) in [5, 5.41) is 3.43. The van der Waals surface area contributed by atoms with E-state index in [0.29, 0.717) is 28.4 Å². The summed E-state index contributed by atoms with van der Waals surface area (Å²) in [5.41, 5.74) is 0.713. The highest BCUT2D eigenvalue weighted by Gasteiger charge is 2.19. The summed E-state index contributed by atoms with van der Waals surface area (Å²) >= 11 is 5.94. The Balaban J connectivity index is 2.36. The van der Waals surface area contributed by atoms with E-state index in [0.717, 1.165) is 0 Å². The van der Waals surface area contributed by atoms with Gasteiger partial charge in [-0.3, -0.25) is 9.59 Å². The molecule has 0 radical (unpaired) electrons. The van der Waals surface area contributed by atoms with Crippen LogP contribution in [0.3, 0.4) is 0 Å². The second kappa shape index (κ2) is 4.10. The molecule has 2 rings (SSSR count). The lowest BCUT2D eigenvalue weighted by Crippen LogP contribution is -2.37. The van der Waals surface area contributed by atoms with Gasteiger partial charge in [0.25, 0.3) is 0 Å². The van der Waals surface area contributed by atoms with Crippen LogP contribution in [0.15, 0.2) is 33.9 Å². The maximum Gasteiger partial charge on any atom is 0.249 e. The highest BCUT2D eigenvalue weighted by atomic mass is 35.5. The summed E-state index contributed by atoms with van der Waals surface area (Å²) in [5.74, 6) is 0. The predicted molar refractivity (Wildman–Crippen MR) is 65.5 cm³/mol. The van der Waals surface area contributed by atoms with Crippen LogP contribution in [0, 0.1) is 0 Å². The SMILES string of the molecule is CCc1c(Nc2ccccc2Cl)c(=O)c1=O. The van der Waals surface area contributed by atoms with E-state index in [9.17, 15) is 9.59 Å². The van der Waals surface area contributed by atoms with Crippen molar-refractivity contribution < 1.29 is 0 Å². The molecule has 0 heterocycles. The number of para-hydroxylation sites is 1. The average molecular weight is 236 g/mol. The van der Waals surface area contributed by atoms with E-state index in [1.165, 1.54) is 0 Å². The minimum Gasteiger partial charge on any atom is -0.351 e. The molecule has 0 aliphatic carbocycles. The fraction of sp³-hybridized carbons (Fsp3) is 0.167. The van der Waals surface area contributed by atoms with Crippen LogP contribution in [0.5, 0.6) is 0 Å². The van der Waals surface area contributed by atoms with Gasteiger partial charge in [0.05, 0.1) is 16.4 Å². The van der Waals surface area contributed by atoms with Gasteiger partial charge in [0.15, 0.2) is 0 Å². The molecule has 0 fully saturated rings. The van der Waals surface area contributed by atoms with E-state index in [1.54, 1.807) is 18.2 Å². The Morgan fingerprint density at radius 2 is 1.88 bits per heavy atom. The van der Waals surface area contributed by atoms with Crippen molar-refractivity contribution in [2.75, 3.05) is 5.32 Å². The Morgan fingerprint density at radius 1 is 1.19 bits per heavy atom. The lowest BCUT2D eigenvalue weighted by Gasteiger charge is -2.12. The Kier molecular flexibility index (Phi) is 2.79. The van der Waals surface area contributed by atoms with Crippen molar-refractivity contribution in [3.63, 3.8) is 0 Å². The molecular weight excluding hydrogens is 226 g/mol. The van der Waals surface area contributed by atoms with Gasteiger partial charge < -0.3 is 5.32 Å². The van der Waals surface area contributed by atoms with Gasteiger partial charge in [0.2, 0.25) is 10.9 Å². The number of benzene rings is 1. The number of hydrogen-bond acceptors (Lipinski definition) is 3. The van der Waals surface area contributed by atoms with Gasteiger partial charge in [-0.15, -0.1) is 0 Å². The van der Waals surface area contributed by atoms with Gasteiger partial charge in [0, 0.05) is 5.56 Å². The number of anilines is 2. The molecule has 0 spiro atoms. The first-order chi connectivity index (χ1) is 7.65. The minimum atomic E-state index is -0.461. The van der Waals surface area contributed by atoms with Crippen molar-refractivity contribution >= 4 is 23.0 Å². The van der Waals surface area contributed by atoms with E-state index in [1.807, 2.05) is 13.0 Å². The molecule has 0 amide bonds. The lowest BCUT2D eigenvalue weighted by atomic mass is 10.0. The molecule has 0 bridgehead atoms. The fourth-order valence-corrected chi connectivity index (χ4v) is 1.79. The van der Waals surface area contributed by atoms with E-state index < -0.39 is 10.9 Å². The van der Waals surface area contributed by atoms with Crippen LogP contribution < -0.4 is 16.2 Å². The third-order valence-corrected chi connectivity index (χ3v) is 2.83. The monoisotopic (exact) mass is 235 g/mol. The van der Waals surface area contributed by atoms with Crippen LogP contribution in [-0.4, -0.2) is 0 Å². The highest BCUT2D eigenvalue weighted by Crippen LogP contribution is 2.24. The van der Waals surface area contributed by atoms with Gasteiger partial charge in [-0.2, -0.15) is 0 Å². The molecule has 0 unspecified atom stereocenters. The van der Waals surface area contributed by atoms with Crippen LogP contribution in [0.25, 0.3) is 0 Å². The Labute approximate surface area is 97.4 Å². The molecule has 0 saturated heterocycles. The maximum atomic E-state index is 11.3. The molecule has 16 heavy (non-hydrogen) atoms. The molecule has 82 valence electrons. The van der Waals surface area contributed by atoms with Gasteiger partial charge in [-0.25, -0.2) is 0 Å². The third kappa shape index (κ3) is 1.63. The quantitative estimate of drug-likeness (QED) is 0.830. The number of nitrogens with one attached hydrogen (secondary N) is 1. The largest absolute Gasteiger partial charge is 0.351 e. The second-order valence-corrected chi connectivity index (χ2v) is 3.88. The van der Waals surface area contributed by atoms with Crippen molar-refractivity contribution in [2.24, 2.45) is 0 Å². The molecule has 0 aliphatic heterocycles. The Hall–Kier alpha value is -1.61. The molecule has 0 aliphatic rings. The zero-order valence-corrected chi connectivity index (χ0v) is 9.47. The molecule has 4 heteroatoms. The molecule has 0 aromatic heterocycles. The predicted octanol–water partition coefficient (Wildman–Crippen LogP) is 2.24. The van der Waals surface area contributed by atoms with E-state index in [4.69, 9.17) is 11.6 Å². The first kappa shape index (κ1) is 10.9. The van der Waals surface area contributed by atoms with Crippen LogP contribution in [0.2, 0.25) is 5.02 Å². The van der Waals surface area contributed by atoms with Crippen LogP contribution in [-0.2, 0) is 6.42 Å². The summed E-state index contributed by atoms with van der Waals surface area (Å²) in [7, 11) is 0. The summed E-state index contributed by atoms with van der Waals surface area (Å²) in [6, 6.07) is 7.10. The van der Waals surface area contributed by atoms with Crippen LogP contribution in [0.4, 0.5) is 11.4 Å². The van der Waals surface area contributed by atoms with E-state index >= 15 is 0 Å². The first-order valence-corrected chi connectivity index (χ1v) is 5.36. The number of hydrogen-bond donors (Lipinski definition) is 1. The summed E-state index contributed by atoms with van der Waals surface area (Å²) in [6.07, 6.45) is 0.553. The molecule has 2 aromatic carbocycles. The molecular formula is C12H10ClNO2. The summed E-state index contributed by atoms with van der Waals surface area (Å²) in [6.45, 7) is 1.84. The molecule has 0 atom stereocenters. The molecule has 0 saturated carbocycles. The molecule has 1 N–H and O–H groups in total. The van der Waals surface area contributed by atoms with Crippen molar-refractivity contribution in [3.05, 3.63) is 55.3 Å². The van der Waals surface area contributed by atoms with Crippen molar-refractivity contribution in [3.8, 4) is 0 Å². The zero-order chi connectivity index (χ0) is 11.7. The topological polar surface area (TPSA) is 46.2 Å². The Bertz CT molecular complexity index is 597. The molecule has 2 aromatic rings. The lowest BCUT2D eigenvalue weighted by molar-refractivity contribution is 1.08. The van der Waals surface area contributed by atoms with Gasteiger partial charge in [0.1, 0.15) is 0 Å². The smallest absolute Gasteiger partial charge is 0.249 e. The van der Waals surface area contributed by atoms with E-state index in [2.05, 4.69) is 5.32 Å². The Morgan fingerprint density at radius 3 is 2.50 bits per heavy atom. The van der Waals surface area contributed by atoms with Crippen molar-refractivity contribution in [1.29, 1.82) is 0 Å².